The molecule has 3 heteroatoms. The molecule has 0 aromatic heterocycles. The maximum absolute atomic E-state index is 6.31. The minimum absolute atomic E-state index is 0.308. The molecule has 2 N–H and O–H groups in total. The monoisotopic (exact) mass is 228 g/mol. The van der Waals surface area contributed by atoms with Crippen molar-refractivity contribution in [3.05, 3.63) is 0 Å². The van der Waals surface area contributed by atoms with Gasteiger partial charge in [0.1, 0.15) is 0 Å². The van der Waals surface area contributed by atoms with Crippen molar-refractivity contribution in [3.63, 3.8) is 0 Å². The highest BCUT2D eigenvalue weighted by Crippen LogP contribution is 2.31. The second-order valence-corrected chi connectivity index (χ2v) is 5.68. The van der Waals surface area contributed by atoms with Crippen LogP contribution in [0.2, 0.25) is 0 Å². The van der Waals surface area contributed by atoms with Gasteiger partial charge in [-0.1, -0.05) is 13.8 Å². The molecule has 0 amide bonds. The van der Waals surface area contributed by atoms with Gasteiger partial charge in [0.25, 0.3) is 0 Å². The Morgan fingerprint density at radius 1 is 1.38 bits per heavy atom. The predicted molar refractivity (Wildman–Crippen MR) is 68.4 cm³/mol. The van der Waals surface area contributed by atoms with Crippen LogP contribution in [0.3, 0.4) is 0 Å². The van der Waals surface area contributed by atoms with E-state index >= 15 is 0 Å². The number of nitrogens with two attached hydrogens (primary N) is 1. The summed E-state index contributed by atoms with van der Waals surface area (Å²) in [4.78, 5) is 2.41. The first-order valence-electron chi connectivity index (χ1n) is 6.43. The molecule has 0 heterocycles. The molecule has 0 radical (unpaired) electrons. The SMILES string of the molecule is COCC(C)N(C)C1C(C)CC(C)CC1N. The maximum Gasteiger partial charge on any atom is 0.0615 e. The van der Waals surface area contributed by atoms with E-state index in [0.29, 0.717) is 24.0 Å². The highest BCUT2D eigenvalue weighted by molar-refractivity contribution is 4.92. The molecular formula is C13H28N2O. The van der Waals surface area contributed by atoms with Crippen molar-refractivity contribution in [1.29, 1.82) is 0 Å². The zero-order chi connectivity index (χ0) is 12.3. The van der Waals surface area contributed by atoms with Crippen LogP contribution in [0.25, 0.3) is 0 Å². The van der Waals surface area contributed by atoms with Crippen LogP contribution in [0.4, 0.5) is 0 Å². The average molecular weight is 228 g/mol. The number of methoxy groups -OCH3 is 1. The summed E-state index contributed by atoms with van der Waals surface area (Å²) < 4.78 is 5.22. The number of hydrogen-bond acceptors (Lipinski definition) is 3. The molecule has 1 rings (SSSR count). The highest BCUT2D eigenvalue weighted by Gasteiger charge is 2.35. The van der Waals surface area contributed by atoms with E-state index in [1.165, 1.54) is 6.42 Å². The van der Waals surface area contributed by atoms with Crippen molar-refractivity contribution >= 4 is 0 Å². The second-order valence-electron chi connectivity index (χ2n) is 5.68. The van der Waals surface area contributed by atoms with Crippen molar-refractivity contribution < 1.29 is 4.74 Å². The van der Waals surface area contributed by atoms with Crippen molar-refractivity contribution in [2.75, 3.05) is 20.8 Å². The molecule has 0 aliphatic heterocycles. The molecule has 1 saturated carbocycles. The number of hydrogen-bond donors (Lipinski definition) is 1. The van der Waals surface area contributed by atoms with Gasteiger partial charge in [-0.05, 0) is 38.6 Å². The lowest BCUT2D eigenvalue weighted by atomic mass is 9.76. The smallest absolute Gasteiger partial charge is 0.0615 e. The molecule has 5 atom stereocenters. The van der Waals surface area contributed by atoms with E-state index in [0.717, 1.165) is 18.9 Å². The number of likely N-dealkylation sites (N-methyl/N-ethyl adjacent to an activating group) is 1. The third-order valence-corrected chi connectivity index (χ3v) is 4.04. The van der Waals surface area contributed by atoms with Gasteiger partial charge in [0.05, 0.1) is 6.61 Å². The third-order valence-electron chi connectivity index (χ3n) is 4.04. The summed E-state index contributed by atoms with van der Waals surface area (Å²) in [5.74, 6) is 1.45. The molecule has 1 aliphatic carbocycles. The fourth-order valence-corrected chi connectivity index (χ4v) is 3.25. The number of nitrogens with zero attached hydrogens (tertiary/aromatic N) is 1. The quantitative estimate of drug-likeness (QED) is 0.796. The standard InChI is InChI=1S/C13H28N2O/c1-9-6-10(2)13(12(14)7-9)15(4)11(3)8-16-5/h9-13H,6-8,14H2,1-5H3. The second kappa shape index (κ2) is 5.99. The Bertz CT molecular complexity index is 198. The molecule has 5 unspecified atom stereocenters. The maximum atomic E-state index is 6.31. The van der Waals surface area contributed by atoms with Gasteiger partial charge in [-0.25, -0.2) is 0 Å². The van der Waals surface area contributed by atoms with Crippen molar-refractivity contribution in [2.24, 2.45) is 17.6 Å². The van der Waals surface area contributed by atoms with Gasteiger partial charge in [0.15, 0.2) is 0 Å². The molecule has 0 spiro atoms. The minimum atomic E-state index is 0.308. The fourth-order valence-electron chi connectivity index (χ4n) is 3.25. The van der Waals surface area contributed by atoms with Crippen molar-refractivity contribution in [2.45, 2.75) is 51.7 Å². The Labute approximate surface area is 100 Å². The van der Waals surface area contributed by atoms with E-state index in [1.54, 1.807) is 7.11 Å². The summed E-state index contributed by atoms with van der Waals surface area (Å²) in [7, 11) is 3.94. The van der Waals surface area contributed by atoms with Crippen LogP contribution in [0.1, 0.15) is 33.6 Å². The van der Waals surface area contributed by atoms with E-state index in [9.17, 15) is 0 Å². The molecule has 0 aromatic rings. The fraction of sp³-hybridized carbons (Fsp3) is 1.00. The lowest BCUT2D eigenvalue weighted by Crippen LogP contribution is -2.56. The molecule has 0 saturated heterocycles. The van der Waals surface area contributed by atoms with Gasteiger partial charge in [0, 0.05) is 25.2 Å². The molecule has 3 nitrogen and oxygen atoms in total. The minimum Gasteiger partial charge on any atom is -0.383 e. The molecule has 0 bridgehead atoms. The van der Waals surface area contributed by atoms with Gasteiger partial charge < -0.3 is 10.5 Å². The first-order chi connectivity index (χ1) is 7.47. The molecular weight excluding hydrogens is 200 g/mol. The normalized spacial score (nSPS) is 37.7. The highest BCUT2D eigenvalue weighted by atomic mass is 16.5. The van der Waals surface area contributed by atoms with Crippen LogP contribution in [0.5, 0.6) is 0 Å². The summed E-state index contributed by atoms with van der Waals surface area (Å²) in [6.45, 7) is 7.63. The first-order valence-corrected chi connectivity index (χ1v) is 6.43. The molecule has 1 fully saturated rings. The van der Waals surface area contributed by atoms with E-state index in [2.05, 4.69) is 32.7 Å². The number of ether oxygens (including phenoxy) is 1. The largest absolute Gasteiger partial charge is 0.383 e. The molecule has 0 aromatic carbocycles. The summed E-state index contributed by atoms with van der Waals surface area (Å²) in [5.41, 5.74) is 6.31. The Morgan fingerprint density at radius 3 is 2.50 bits per heavy atom. The summed E-state index contributed by atoms with van der Waals surface area (Å²) in [5, 5.41) is 0. The van der Waals surface area contributed by atoms with Gasteiger partial charge >= 0.3 is 0 Å². The van der Waals surface area contributed by atoms with Gasteiger partial charge in [0.2, 0.25) is 0 Å². The van der Waals surface area contributed by atoms with Crippen LogP contribution in [0, 0.1) is 11.8 Å². The Balaban J connectivity index is 2.62. The van der Waals surface area contributed by atoms with E-state index in [1.807, 2.05) is 0 Å². The van der Waals surface area contributed by atoms with E-state index < -0.39 is 0 Å². The first kappa shape index (κ1) is 13.9. The van der Waals surface area contributed by atoms with E-state index in [4.69, 9.17) is 10.5 Å². The zero-order valence-corrected chi connectivity index (χ0v) is 11.4. The summed E-state index contributed by atoms with van der Waals surface area (Å²) >= 11 is 0. The topological polar surface area (TPSA) is 38.5 Å². The van der Waals surface area contributed by atoms with Crippen molar-refractivity contribution in [3.8, 4) is 0 Å². The lowest BCUT2D eigenvalue weighted by molar-refractivity contribution is 0.0348. The lowest BCUT2D eigenvalue weighted by Gasteiger charge is -2.45. The van der Waals surface area contributed by atoms with Gasteiger partial charge in [-0.2, -0.15) is 0 Å². The Hall–Kier alpha value is -0.120. The van der Waals surface area contributed by atoms with Gasteiger partial charge in [-0.3, -0.25) is 4.90 Å². The molecule has 96 valence electrons. The van der Waals surface area contributed by atoms with Gasteiger partial charge in [-0.15, -0.1) is 0 Å². The van der Waals surface area contributed by atoms with E-state index in [-0.39, 0.29) is 0 Å². The Kier molecular flexibility index (Phi) is 5.22. The van der Waals surface area contributed by atoms with Crippen LogP contribution in [-0.4, -0.2) is 43.8 Å². The van der Waals surface area contributed by atoms with Crippen LogP contribution in [0.15, 0.2) is 0 Å². The van der Waals surface area contributed by atoms with Crippen LogP contribution < -0.4 is 5.73 Å². The average Bonchev–Trinajstić information content (AvgIpc) is 2.16. The Morgan fingerprint density at radius 2 is 2.00 bits per heavy atom. The zero-order valence-electron chi connectivity index (χ0n) is 11.4. The predicted octanol–water partition coefficient (Wildman–Crippen LogP) is 1.72. The number of rotatable bonds is 4. The molecule has 1 aliphatic rings. The molecule has 16 heavy (non-hydrogen) atoms. The van der Waals surface area contributed by atoms with Crippen LogP contribution >= 0.6 is 0 Å². The van der Waals surface area contributed by atoms with Crippen molar-refractivity contribution in [1.82, 2.24) is 4.90 Å². The van der Waals surface area contributed by atoms with Crippen LogP contribution in [-0.2, 0) is 4.74 Å². The third kappa shape index (κ3) is 3.19. The summed E-state index contributed by atoms with van der Waals surface area (Å²) in [6.07, 6.45) is 2.45. The summed E-state index contributed by atoms with van der Waals surface area (Å²) in [6, 6.07) is 1.25.